The van der Waals surface area contributed by atoms with E-state index in [0.29, 0.717) is 0 Å². The van der Waals surface area contributed by atoms with Crippen molar-refractivity contribution in [3.63, 3.8) is 0 Å². The highest BCUT2D eigenvalue weighted by Crippen LogP contribution is 2.15. The standard InChI is InChI=1S/C29H58/c1-3-5-7-9-11-13-15-17-19-21-23-25-27-29-28-26-24-22-20-18-16-14-12-10-8-6-4-2/h1-29H2. The highest BCUT2D eigenvalue weighted by Gasteiger charge is 1.96. The van der Waals surface area contributed by atoms with Crippen LogP contribution < -0.4 is 0 Å². The van der Waals surface area contributed by atoms with E-state index in [0.717, 1.165) is 12.8 Å². The molecule has 0 atom stereocenters. The summed E-state index contributed by atoms with van der Waals surface area (Å²) in [6.45, 7) is 7.83. The maximum Gasteiger partial charge on any atom is -0.0533 e. The molecule has 0 aromatic heterocycles. The van der Waals surface area contributed by atoms with Crippen molar-refractivity contribution < 1.29 is 0 Å². The molecule has 0 aromatic rings. The Bertz CT molecular complexity index is 231. The predicted octanol–water partition coefficient (Wildman–Crippen LogP) is 11.2. The van der Waals surface area contributed by atoms with Gasteiger partial charge in [-0.05, 0) is 0 Å². The van der Waals surface area contributed by atoms with Crippen LogP contribution in [0.3, 0.4) is 0 Å². The zero-order chi connectivity index (χ0) is 21.1. The molecule has 0 bridgehead atoms. The van der Waals surface area contributed by atoms with Crippen molar-refractivity contribution in [2.75, 3.05) is 0 Å². The fourth-order valence-electron chi connectivity index (χ4n) is 4.42. The van der Waals surface area contributed by atoms with Crippen molar-refractivity contribution in [1.29, 1.82) is 0 Å². The maximum absolute atomic E-state index is 3.91. The summed E-state index contributed by atoms with van der Waals surface area (Å²) in [4.78, 5) is 0. The van der Waals surface area contributed by atoms with Gasteiger partial charge in [0.15, 0.2) is 0 Å². The van der Waals surface area contributed by atoms with Crippen LogP contribution in [-0.2, 0) is 0 Å². The van der Waals surface area contributed by atoms with Crippen molar-refractivity contribution in [2.45, 2.75) is 173 Å². The zero-order valence-electron chi connectivity index (χ0n) is 20.5. The maximum atomic E-state index is 3.91. The largest absolute Gasteiger partial charge is 0.0533 e. The molecule has 0 unspecified atom stereocenters. The summed E-state index contributed by atoms with van der Waals surface area (Å²) in [5.41, 5.74) is 0. The van der Waals surface area contributed by atoms with Crippen LogP contribution in [0.5, 0.6) is 0 Å². The van der Waals surface area contributed by atoms with Gasteiger partial charge in [-0.15, -0.1) is 0 Å². The molecule has 0 saturated heterocycles. The summed E-state index contributed by atoms with van der Waals surface area (Å²) in [5.74, 6) is 0. The minimum Gasteiger partial charge on any atom is -0.0533 e. The van der Waals surface area contributed by atoms with Gasteiger partial charge in [-0.3, -0.25) is 0 Å². The number of unbranched alkanes of at least 4 members (excludes halogenated alkanes) is 26. The highest BCUT2D eigenvalue weighted by atomic mass is 14.0. The number of rotatable bonds is 26. The topological polar surface area (TPSA) is 0 Å². The molecule has 0 aliphatic carbocycles. The monoisotopic (exact) mass is 406 g/mol. The van der Waals surface area contributed by atoms with Crippen LogP contribution >= 0.6 is 0 Å². The first kappa shape index (κ1) is 29.0. The van der Waals surface area contributed by atoms with Gasteiger partial charge in [0, 0.05) is 0 Å². The van der Waals surface area contributed by atoms with Gasteiger partial charge >= 0.3 is 0 Å². The molecule has 0 aromatic carbocycles. The number of hydrogen-bond donors (Lipinski definition) is 0. The Morgan fingerprint density at radius 1 is 0.172 bits per heavy atom. The first-order valence-corrected chi connectivity index (χ1v) is 14.0. The van der Waals surface area contributed by atoms with Gasteiger partial charge in [-0.1, -0.05) is 187 Å². The molecule has 0 heteroatoms. The van der Waals surface area contributed by atoms with Crippen LogP contribution in [0, 0.1) is 13.8 Å². The van der Waals surface area contributed by atoms with Gasteiger partial charge in [0.05, 0.1) is 0 Å². The van der Waals surface area contributed by atoms with Gasteiger partial charge in [-0.2, -0.15) is 0 Å². The Balaban J connectivity index is 2.97. The average Bonchev–Trinajstić information content (AvgIpc) is 2.74. The second-order valence-corrected chi connectivity index (χ2v) is 9.55. The fourth-order valence-corrected chi connectivity index (χ4v) is 4.42. The summed E-state index contributed by atoms with van der Waals surface area (Å²) >= 11 is 0. The Labute approximate surface area is 187 Å². The molecule has 0 N–H and O–H groups in total. The molecule has 0 heterocycles. The quantitative estimate of drug-likeness (QED) is 0.125. The first-order valence-electron chi connectivity index (χ1n) is 14.0. The third-order valence-corrected chi connectivity index (χ3v) is 6.50. The zero-order valence-corrected chi connectivity index (χ0v) is 20.5. The molecule has 0 saturated carbocycles. The van der Waals surface area contributed by atoms with Crippen molar-refractivity contribution in [3.8, 4) is 0 Å². The SMILES string of the molecule is [CH2]CCCCCCCCCCCCCCCCCCCCCCCCCCC[CH2]. The molecule has 29 heavy (non-hydrogen) atoms. The van der Waals surface area contributed by atoms with Crippen molar-refractivity contribution in [3.05, 3.63) is 13.8 Å². The van der Waals surface area contributed by atoms with Crippen molar-refractivity contribution >= 4 is 0 Å². The number of hydrogen-bond acceptors (Lipinski definition) is 0. The lowest BCUT2D eigenvalue weighted by molar-refractivity contribution is 0.516. The Hall–Kier alpha value is 0. The van der Waals surface area contributed by atoms with Crippen LogP contribution in [0.2, 0.25) is 0 Å². The molecular weight excluding hydrogens is 348 g/mol. The Morgan fingerprint density at radius 3 is 0.379 bits per heavy atom. The highest BCUT2D eigenvalue weighted by molar-refractivity contribution is 4.52. The van der Waals surface area contributed by atoms with Gasteiger partial charge in [0.2, 0.25) is 0 Å². The summed E-state index contributed by atoms with van der Waals surface area (Å²) in [7, 11) is 0. The molecule has 0 aliphatic heterocycles. The predicted molar refractivity (Wildman–Crippen MR) is 135 cm³/mol. The summed E-state index contributed by atoms with van der Waals surface area (Å²) in [6.07, 6.45) is 38.7. The van der Waals surface area contributed by atoms with E-state index in [9.17, 15) is 0 Å². The van der Waals surface area contributed by atoms with E-state index < -0.39 is 0 Å². The molecule has 0 fully saturated rings. The van der Waals surface area contributed by atoms with E-state index in [1.54, 1.807) is 0 Å². The van der Waals surface area contributed by atoms with Gasteiger partial charge < -0.3 is 0 Å². The minimum absolute atomic E-state index is 1.12. The normalized spacial score (nSPS) is 11.4. The van der Waals surface area contributed by atoms with E-state index in [1.165, 1.54) is 161 Å². The van der Waals surface area contributed by atoms with Crippen LogP contribution in [0.4, 0.5) is 0 Å². The first-order chi connectivity index (χ1) is 14.4. The van der Waals surface area contributed by atoms with E-state index >= 15 is 0 Å². The summed E-state index contributed by atoms with van der Waals surface area (Å²) in [5, 5.41) is 0. The van der Waals surface area contributed by atoms with E-state index in [-0.39, 0.29) is 0 Å². The van der Waals surface area contributed by atoms with E-state index in [4.69, 9.17) is 0 Å². The van der Waals surface area contributed by atoms with Gasteiger partial charge in [0.1, 0.15) is 0 Å². The lowest BCUT2D eigenvalue weighted by Crippen LogP contribution is -1.84. The van der Waals surface area contributed by atoms with Crippen LogP contribution in [-0.4, -0.2) is 0 Å². The van der Waals surface area contributed by atoms with Gasteiger partial charge in [0.25, 0.3) is 0 Å². The molecule has 0 amide bonds. The fraction of sp³-hybridized carbons (Fsp3) is 0.931. The Morgan fingerprint density at radius 2 is 0.276 bits per heavy atom. The second-order valence-electron chi connectivity index (χ2n) is 9.55. The minimum atomic E-state index is 1.12. The molecule has 2 radical (unpaired) electrons. The summed E-state index contributed by atoms with van der Waals surface area (Å²) < 4.78 is 0. The Kier molecular flexibility index (Phi) is 28.0. The summed E-state index contributed by atoms with van der Waals surface area (Å²) in [6, 6.07) is 0. The molecule has 0 nitrogen and oxygen atoms in total. The van der Waals surface area contributed by atoms with E-state index in [2.05, 4.69) is 13.8 Å². The van der Waals surface area contributed by atoms with Crippen LogP contribution in [0.15, 0.2) is 0 Å². The third-order valence-electron chi connectivity index (χ3n) is 6.50. The molecule has 0 spiro atoms. The average molecular weight is 407 g/mol. The van der Waals surface area contributed by atoms with Crippen molar-refractivity contribution in [1.82, 2.24) is 0 Å². The van der Waals surface area contributed by atoms with Crippen LogP contribution in [0.25, 0.3) is 0 Å². The third kappa shape index (κ3) is 28.0. The lowest BCUT2D eigenvalue weighted by Gasteiger charge is -2.04. The molecule has 174 valence electrons. The van der Waals surface area contributed by atoms with Gasteiger partial charge in [-0.25, -0.2) is 0 Å². The van der Waals surface area contributed by atoms with Crippen molar-refractivity contribution in [2.24, 2.45) is 0 Å². The lowest BCUT2D eigenvalue weighted by atomic mass is 10.0. The van der Waals surface area contributed by atoms with E-state index in [1.807, 2.05) is 0 Å². The van der Waals surface area contributed by atoms with Crippen LogP contribution in [0.1, 0.15) is 173 Å². The molecular formula is C29H58. The smallest absolute Gasteiger partial charge is 0.0533 e. The second kappa shape index (κ2) is 28.0. The molecule has 0 rings (SSSR count). The molecule has 0 aliphatic rings.